The Balaban J connectivity index is 1.88. The largest absolute Gasteiger partial charge is 0.326 e. The number of carbonyl (C=O) groups excluding carboxylic acids is 2. The lowest BCUT2D eigenvalue weighted by Crippen LogP contribution is -2.37. The fourth-order valence-corrected chi connectivity index (χ4v) is 2.74. The average molecular weight is 294 g/mol. The average Bonchev–Trinajstić information content (AvgIpc) is 2.53. The monoisotopic (exact) mass is 294 g/mol. The normalized spacial score (nSPS) is 17.1. The molecule has 2 aromatic rings. The second-order valence-electron chi connectivity index (χ2n) is 5.62. The maximum Gasteiger partial charge on any atom is 0.232 e. The molecule has 3 rings (SSSR count). The summed E-state index contributed by atoms with van der Waals surface area (Å²) in [5.41, 5.74) is 3.59. The molecule has 4 heteroatoms. The van der Waals surface area contributed by atoms with E-state index < -0.39 is 5.92 Å². The van der Waals surface area contributed by atoms with Crippen LogP contribution < -0.4 is 10.2 Å². The Labute approximate surface area is 129 Å². The molecule has 1 unspecified atom stereocenters. The summed E-state index contributed by atoms with van der Waals surface area (Å²) in [4.78, 5) is 26.3. The van der Waals surface area contributed by atoms with Gasteiger partial charge in [-0.3, -0.25) is 9.59 Å². The Morgan fingerprint density at radius 3 is 2.55 bits per heavy atom. The van der Waals surface area contributed by atoms with Crippen molar-refractivity contribution < 1.29 is 9.59 Å². The summed E-state index contributed by atoms with van der Waals surface area (Å²) >= 11 is 0. The zero-order chi connectivity index (χ0) is 15.7. The van der Waals surface area contributed by atoms with Crippen LogP contribution in [0.1, 0.15) is 23.5 Å². The topological polar surface area (TPSA) is 49.4 Å². The van der Waals surface area contributed by atoms with Gasteiger partial charge in [0, 0.05) is 24.8 Å². The molecule has 1 aliphatic rings. The first kappa shape index (κ1) is 14.3. The third-order valence-electron chi connectivity index (χ3n) is 4.06. The molecule has 0 aromatic heterocycles. The molecule has 0 spiro atoms. The maximum atomic E-state index is 12.6. The first-order chi connectivity index (χ1) is 10.6. The number of carbonyl (C=O) groups is 2. The van der Waals surface area contributed by atoms with E-state index in [9.17, 15) is 9.59 Å². The second kappa shape index (κ2) is 5.64. The highest BCUT2D eigenvalue weighted by molar-refractivity contribution is 6.05. The van der Waals surface area contributed by atoms with Crippen molar-refractivity contribution in [2.24, 2.45) is 0 Å². The van der Waals surface area contributed by atoms with Crippen molar-refractivity contribution in [1.29, 1.82) is 0 Å². The number of para-hydroxylation sites is 1. The summed E-state index contributed by atoms with van der Waals surface area (Å²) in [6, 6.07) is 15.2. The number of benzene rings is 2. The number of aryl methyl sites for hydroxylation is 1. The number of anilines is 2. The molecule has 0 bridgehead atoms. The van der Waals surface area contributed by atoms with Gasteiger partial charge in [-0.05, 0) is 30.7 Å². The fraction of sp³-hybridized carbons (Fsp3) is 0.222. The Kier molecular flexibility index (Phi) is 3.67. The molecule has 1 N–H and O–H groups in total. The van der Waals surface area contributed by atoms with Crippen LogP contribution in [0.25, 0.3) is 0 Å². The highest BCUT2D eigenvalue weighted by Gasteiger charge is 2.33. The number of nitrogens with one attached hydrogen (secondary N) is 1. The summed E-state index contributed by atoms with van der Waals surface area (Å²) in [5, 5.41) is 2.91. The lowest BCUT2D eigenvalue weighted by molar-refractivity contribution is -0.124. The summed E-state index contributed by atoms with van der Waals surface area (Å²) in [6.45, 7) is 2.00. The van der Waals surface area contributed by atoms with Gasteiger partial charge in [-0.2, -0.15) is 0 Å². The quantitative estimate of drug-likeness (QED) is 0.925. The van der Waals surface area contributed by atoms with Crippen LogP contribution in [0.5, 0.6) is 0 Å². The Morgan fingerprint density at radius 2 is 1.82 bits per heavy atom. The van der Waals surface area contributed by atoms with Crippen LogP contribution in [0, 0.1) is 6.92 Å². The smallest absolute Gasteiger partial charge is 0.232 e. The minimum absolute atomic E-state index is 0.0391. The fourth-order valence-electron chi connectivity index (χ4n) is 2.74. The van der Waals surface area contributed by atoms with Gasteiger partial charge in [0.05, 0.1) is 5.92 Å². The summed E-state index contributed by atoms with van der Waals surface area (Å²) in [6.07, 6.45) is 0.200. The molecule has 1 aliphatic heterocycles. The van der Waals surface area contributed by atoms with Gasteiger partial charge in [0.1, 0.15) is 0 Å². The van der Waals surface area contributed by atoms with Crippen molar-refractivity contribution in [3.05, 3.63) is 59.7 Å². The van der Waals surface area contributed by atoms with Crippen molar-refractivity contribution in [2.75, 3.05) is 17.3 Å². The lowest BCUT2D eigenvalue weighted by Gasteiger charge is -2.30. The maximum absolute atomic E-state index is 12.6. The lowest BCUT2D eigenvalue weighted by atomic mass is 9.89. The van der Waals surface area contributed by atoms with Crippen LogP contribution in [-0.4, -0.2) is 18.9 Å². The van der Waals surface area contributed by atoms with Crippen molar-refractivity contribution in [3.63, 3.8) is 0 Å². The second-order valence-corrected chi connectivity index (χ2v) is 5.62. The van der Waals surface area contributed by atoms with E-state index in [1.54, 1.807) is 11.9 Å². The highest BCUT2D eigenvalue weighted by atomic mass is 16.2. The minimum Gasteiger partial charge on any atom is -0.326 e. The number of rotatable bonds is 2. The van der Waals surface area contributed by atoms with Gasteiger partial charge in [-0.25, -0.2) is 0 Å². The van der Waals surface area contributed by atoms with Gasteiger partial charge >= 0.3 is 0 Å². The number of hydrogen-bond acceptors (Lipinski definition) is 2. The van der Waals surface area contributed by atoms with E-state index in [1.807, 2.05) is 55.5 Å². The van der Waals surface area contributed by atoms with Crippen molar-refractivity contribution in [1.82, 2.24) is 0 Å². The number of hydrogen-bond donors (Lipinski definition) is 1. The molecular weight excluding hydrogens is 276 g/mol. The molecule has 1 heterocycles. The third kappa shape index (κ3) is 2.60. The molecule has 0 saturated heterocycles. The van der Waals surface area contributed by atoms with Gasteiger partial charge in [0.2, 0.25) is 11.8 Å². The van der Waals surface area contributed by atoms with E-state index in [1.165, 1.54) is 0 Å². The summed E-state index contributed by atoms with van der Waals surface area (Å²) < 4.78 is 0. The molecule has 0 fully saturated rings. The molecule has 0 saturated carbocycles. The molecule has 0 radical (unpaired) electrons. The summed E-state index contributed by atoms with van der Waals surface area (Å²) in [7, 11) is 1.75. The first-order valence-corrected chi connectivity index (χ1v) is 7.29. The first-order valence-electron chi connectivity index (χ1n) is 7.29. The Bertz CT molecular complexity index is 722. The van der Waals surface area contributed by atoms with Crippen molar-refractivity contribution in [3.8, 4) is 0 Å². The van der Waals surface area contributed by atoms with E-state index in [0.29, 0.717) is 0 Å². The number of fused-ring (bicyclic) bond motifs is 1. The van der Waals surface area contributed by atoms with Gasteiger partial charge in [0.25, 0.3) is 0 Å². The molecule has 2 amide bonds. The van der Waals surface area contributed by atoms with E-state index in [-0.39, 0.29) is 18.2 Å². The van der Waals surface area contributed by atoms with Crippen LogP contribution >= 0.6 is 0 Å². The van der Waals surface area contributed by atoms with E-state index in [2.05, 4.69) is 5.32 Å². The zero-order valence-corrected chi connectivity index (χ0v) is 12.7. The van der Waals surface area contributed by atoms with E-state index >= 15 is 0 Å². The van der Waals surface area contributed by atoms with Crippen LogP contribution in [0.3, 0.4) is 0 Å². The third-order valence-corrected chi connectivity index (χ3v) is 4.06. The Morgan fingerprint density at radius 1 is 1.14 bits per heavy atom. The SMILES string of the molecule is Cc1ccc(NC(=O)C2CC(=O)N(C)c3ccccc32)cc1. The highest BCUT2D eigenvalue weighted by Crippen LogP contribution is 2.35. The van der Waals surface area contributed by atoms with E-state index in [4.69, 9.17) is 0 Å². The van der Waals surface area contributed by atoms with Gasteiger partial charge in [0.15, 0.2) is 0 Å². The van der Waals surface area contributed by atoms with E-state index in [0.717, 1.165) is 22.5 Å². The van der Waals surface area contributed by atoms with Gasteiger partial charge in [-0.15, -0.1) is 0 Å². The molecule has 0 aliphatic carbocycles. The molecule has 1 atom stereocenters. The number of amides is 2. The summed E-state index contributed by atoms with van der Waals surface area (Å²) in [5.74, 6) is -0.623. The molecule has 4 nitrogen and oxygen atoms in total. The predicted octanol–water partition coefficient (Wildman–Crippen LogP) is 3.08. The van der Waals surface area contributed by atoms with Crippen molar-refractivity contribution in [2.45, 2.75) is 19.3 Å². The molecule has 22 heavy (non-hydrogen) atoms. The van der Waals surface area contributed by atoms with Crippen LogP contribution in [-0.2, 0) is 9.59 Å². The molecule has 2 aromatic carbocycles. The minimum atomic E-state index is -0.443. The van der Waals surface area contributed by atoms with Crippen LogP contribution in [0.15, 0.2) is 48.5 Å². The predicted molar refractivity (Wildman–Crippen MR) is 87.0 cm³/mol. The van der Waals surface area contributed by atoms with Gasteiger partial charge < -0.3 is 10.2 Å². The Hall–Kier alpha value is -2.62. The van der Waals surface area contributed by atoms with Crippen LogP contribution in [0.4, 0.5) is 11.4 Å². The molecule has 112 valence electrons. The molecular formula is C18H18N2O2. The van der Waals surface area contributed by atoms with Gasteiger partial charge in [-0.1, -0.05) is 35.9 Å². The van der Waals surface area contributed by atoms with Crippen LogP contribution in [0.2, 0.25) is 0 Å². The van der Waals surface area contributed by atoms with Crippen molar-refractivity contribution >= 4 is 23.2 Å². The standard InChI is InChI=1S/C18H18N2O2/c1-12-7-9-13(10-8-12)19-18(22)15-11-17(21)20(2)16-6-4-3-5-14(15)16/h3-10,15H,11H2,1-2H3,(H,19,22). The zero-order valence-electron chi connectivity index (χ0n) is 12.7. The number of nitrogens with zero attached hydrogens (tertiary/aromatic N) is 1.